The fourth-order valence-corrected chi connectivity index (χ4v) is 1.05. The van der Waals surface area contributed by atoms with Gasteiger partial charge in [0.15, 0.2) is 0 Å². The quantitative estimate of drug-likeness (QED) is 0.531. The highest BCUT2D eigenvalue weighted by atomic mass is 14.2. The molecule has 1 rings (SSSR count). The van der Waals surface area contributed by atoms with Crippen molar-refractivity contribution in [1.29, 1.82) is 0 Å². The van der Waals surface area contributed by atoms with E-state index in [0.717, 1.165) is 5.56 Å². The number of benzene rings is 1. The second kappa shape index (κ2) is 2.69. The Morgan fingerprint density at radius 3 is 2.45 bits per heavy atom. The molecule has 60 valence electrons. The van der Waals surface area contributed by atoms with Gasteiger partial charge in [-0.05, 0) is 17.9 Å². The van der Waals surface area contributed by atoms with Crippen LogP contribution in [0.1, 0.15) is 33.3 Å². The molecule has 0 heteroatoms. The van der Waals surface area contributed by atoms with Crippen LogP contribution in [0, 0.1) is 6.92 Å². The van der Waals surface area contributed by atoms with Crippen LogP contribution in [-0.2, 0) is 5.41 Å². The van der Waals surface area contributed by atoms with Gasteiger partial charge in [0, 0.05) is 0 Å². The second-order valence-corrected chi connectivity index (χ2v) is 4.01. The summed E-state index contributed by atoms with van der Waals surface area (Å²) in [7, 11) is 0. The van der Waals surface area contributed by atoms with Crippen LogP contribution in [0.3, 0.4) is 0 Å². The highest BCUT2D eigenvalue weighted by Gasteiger charge is 2.12. The van der Waals surface area contributed by atoms with Gasteiger partial charge in [0.05, 0.1) is 1.37 Å². The molecule has 0 spiro atoms. The maximum absolute atomic E-state index is 7.52. The van der Waals surface area contributed by atoms with Crippen LogP contribution >= 0.6 is 0 Å². The second-order valence-electron chi connectivity index (χ2n) is 4.01. The van der Waals surface area contributed by atoms with Gasteiger partial charge < -0.3 is 0 Å². The third-order valence-electron chi connectivity index (χ3n) is 1.81. The van der Waals surface area contributed by atoms with Crippen molar-refractivity contribution in [1.82, 2.24) is 0 Å². The van der Waals surface area contributed by atoms with E-state index in [1.165, 1.54) is 5.56 Å². The molecule has 0 heterocycles. The molecule has 0 bridgehead atoms. The van der Waals surface area contributed by atoms with E-state index in [1.54, 1.807) is 0 Å². The van der Waals surface area contributed by atoms with Crippen LogP contribution < -0.4 is 0 Å². The first kappa shape index (κ1) is 6.90. The summed E-state index contributed by atoms with van der Waals surface area (Å²) in [5.74, 6) is 0. The number of hydrogen-bond donors (Lipinski definition) is 0. The zero-order valence-electron chi connectivity index (χ0n) is 8.73. The zero-order valence-corrected chi connectivity index (χ0v) is 7.73. The molecule has 0 saturated carbocycles. The predicted molar refractivity (Wildman–Crippen MR) is 49.9 cm³/mol. The minimum Gasteiger partial charge on any atom is -0.0617 e. The fourth-order valence-electron chi connectivity index (χ4n) is 1.05. The van der Waals surface area contributed by atoms with Gasteiger partial charge in [-0.2, -0.15) is 0 Å². The number of hydrogen-bond acceptors (Lipinski definition) is 0. The molecule has 1 aromatic rings. The highest BCUT2D eigenvalue weighted by molar-refractivity contribution is 5.27. The molecule has 0 N–H and O–H groups in total. The van der Waals surface area contributed by atoms with Crippen LogP contribution in [0.5, 0.6) is 0 Å². The smallest absolute Gasteiger partial charge is 0.0617 e. The van der Waals surface area contributed by atoms with Gasteiger partial charge in [-0.3, -0.25) is 0 Å². The number of rotatable bonds is 0. The Morgan fingerprint density at radius 1 is 1.36 bits per heavy atom. The minimum absolute atomic E-state index is 0.193. The van der Waals surface area contributed by atoms with E-state index in [-0.39, 0.29) is 5.41 Å². The van der Waals surface area contributed by atoms with E-state index < -0.39 is 0 Å². The Kier molecular flexibility index (Phi) is 1.69. The monoisotopic (exact) mass is 149 g/mol. The summed E-state index contributed by atoms with van der Waals surface area (Å²) in [4.78, 5) is 0. The van der Waals surface area contributed by atoms with E-state index in [9.17, 15) is 0 Å². The normalized spacial score (nSPS) is 12.9. The molecule has 0 radical (unpaired) electrons. The Labute approximate surface area is 70.7 Å². The largest absolute Gasteiger partial charge is 0.0626 e. The fraction of sp³-hybridized carbons (Fsp3) is 0.455. The summed E-state index contributed by atoms with van der Waals surface area (Å²) >= 11 is 0. The van der Waals surface area contributed by atoms with Crippen molar-refractivity contribution in [3.63, 3.8) is 0 Å². The SMILES string of the molecule is [2H]c1ccc(C(C)(C)C)cc1C. The van der Waals surface area contributed by atoms with Gasteiger partial charge >= 0.3 is 0 Å². The third kappa shape index (κ3) is 2.07. The summed E-state index contributed by atoms with van der Waals surface area (Å²) in [5.41, 5.74) is 2.55. The van der Waals surface area contributed by atoms with Gasteiger partial charge in [-0.25, -0.2) is 0 Å². The van der Waals surface area contributed by atoms with Gasteiger partial charge in [-0.1, -0.05) is 50.6 Å². The first-order valence-electron chi connectivity index (χ1n) is 4.49. The van der Waals surface area contributed by atoms with Crippen molar-refractivity contribution in [2.45, 2.75) is 33.1 Å². The van der Waals surface area contributed by atoms with Crippen molar-refractivity contribution >= 4 is 0 Å². The molecule has 0 atom stereocenters. The summed E-state index contributed by atoms with van der Waals surface area (Å²) in [6.07, 6.45) is 0. The Bertz CT molecular complexity index is 282. The number of aryl methyl sites for hydroxylation is 1. The van der Waals surface area contributed by atoms with Crippen molar-refractivity contribution in [2.24, 2.45) is 0 Å². The van der Waals surface area contributed by atoms with Crippen LogP contribution in [0.25, 0.3) is 0 Å². The van der Waals surface area contributed by atoms with Gasteiger partial charge in [0.25, 0.3) is 0 Å². The molecular weight excluding hydrogens is 132 g/mol. The molecule has 1 aromatic carbocycles. The summed E-state index contributed by atoms with van der Waals surface area (Å²) in [5, 5.41) is 0. The van der Waals surface area contributed by atoms with Gasteiger partial charge in [-0.15, -0.1) is 0 Å². The van der Waals surface area contributed by atoms with Crippen LogP contribution in [0.4, 0.5) is 0 Å². The van der Waals surface area contributed by atoms with E-state index in [2.05, 4.69) is 26.8 Å². The molecule has 0 saturated heterocycles. The summed E-state index contributed by atoms with van der Waals surface area (Å²) in [6.45, 7) is 8.54. The topological polar surface area (TPSA) is 0 Å². The molecule has 0 amide bonds. The van der Waals surface area contributed by atoms with Crippen molar-refractivity contribution in [3.05, 3.63) is 35.4 Å². The average molecular weight is 149 g/mol. The van der Waals surface area contributed by atoms with Crippen LogP contribution in [0.2, 0.25) is 0 Å². The molecule has 0 aliphatic heterocycles. The molecule has 0 aliphatic carbocycles. The lowest BCUT2D eigenvalue weighted by molar-refractivity contribution is 0.590. The van der Waals surface area contributed by atoms with Crippen molar-refractivity contribution in [2.75, 3.05) is 0 Å². The van der Waals surface area contributed by atoms with Crippen LogP contribution in [0.15, 0.2) is 24.2 Å². The van der Waals surface area contributed by atoms with E-state index in [1.807, 2.05) is 19.1 Å². The van der Waals surface area contributed by atoms with E-state index >= 15 is 0 Å². The molecule has 0 aliphatic rings. The predicted octanol–water partition coefficient (Wildman–Crippen LogP) is 3.29. The lowest BCUT2D eigenvalue weighted by atomic mass is 9.86. The third-order valence-corrected chi connectivity index (χ3v) is 1.81. The molecule has 0 nitrogen and oxygen atoms in total. The van der Waals surface area contributed by atoms with Crippen molar-refractivity contribution < 1.29 is 1.37 Å². The van der Waals surface area contributed by atoms with E-state index in [4.69, 9.17) is 1.37 Å². The summed E-state index contributed by atoms with van der Waals surface area (Å²) in [6, 6.07) is 6.64. The average Bonchev–Trinajstić information content (AvgIpc) is 1.92. The Morgan fingerprint density at radius 2 is 2.00 bits per heavy atom. The maximum Gasteiger partial charge on any atom is 0.0626 e. The zero-order chi connectivity index (χ0) is 9.35. The summed E-state index contributed by atoms with van der Waals surface area (Å²) < 4.78 is 7.52. The molecular formula is C11H16. The lowest BCUT2D eigenvalue weighted by Gasteiger charge is -2.19. The molecule has 0 fully saturated rings. The first-order chi connectivity index (χ1) is 5.41. The standard InChI is InChI=1S/C11H16/c1-9-6-5-7-10(8-9)11(2,3)4/h5-8H,1-4H3/i6D. The Balaban J connectivity index is 3.14. The molecule has 11 heavy (non-hydrogen) atoms. The van der Waals surface area contributed by atoms with Crippen molar-refractivity contribution in [3.8, 4) is 0 Å². The highest BCUT2D eigenvalue weighted by Crippen LogP contribution is 2.22. The Hall–Kier alpha value is -0.780. The van der Waals surface area contributed by atoms with Gasteiger partial charge in [0.2, 0.25) is 0 Å². The maximum atomic E-state index is 7.52. The first-order valence-corrected chi connectivity index (χ1v) is 3.99. The van der Waals surface area contributed by atoms with Crippen LogP contribution in [-0.4, -0.2) is 0 Å². The van der Waals surface area contributed by atoms with E-state index in [0.29, 0.717) is 6.04 Å². The minimum atomic E-state index is 0.193. The lowest BCUT2D eigenvalue weighted by Crippen LogP contribution is -2.10. The molecule has 0 unspecified atom stereocenters. The van der Waals surface area contributed by atoms with Gasteiger partial charge in [0.1, 0.15) is 0 Å². The molecule has 0 aromatic heterocycles.